The lowest BCUT2D eigenvalue weighted by molar-refractivity contribution is 0.394. The first-order valence-electron chi connectivity index (χ1n) is 5.82. The highest BCUT2D eigenvalue weighted by atomic mass is 35.5. The van der Waals surface area contributed by atoms with Crippen molar-refractivity contribution in [1.29, 1.82) is 0 Å². The van der Waals surface area contributed by atoms with E-state index in [1.54, 1.807) is 7.11 Å². The zero-order valence-corrected chi connectivity index (χ0v) is 11.6. The Labute approximate surface area is 104 Å². The minimum absolute atomic E-state index is 0.429. The number of methoxy groups -OCH3 is 1. The van der Waals surface area contributed by atoms with Crippen molar-refractivity contribution in [3.63, 3.8) is 0 Å². The fourth-order valence-electron chi connectivity index (χ4n) is 1.33. The summed E-state index contributed by atoms with van der Waals surface area (Å²) in [5.74, 6) is 1.60. The number of alkyl halides is 1. The molecule has 0 saturated carbocycles. The van der Waals surface area contributed by atoms with Gasteiger partial charge in [-0.1, -0.05) is 33.8 Å². The predicted molar refractivity (Wildman–Crippen MR) is 70.4 cm³/mol. The van der Waals surface area contributed by atoms with Crippen LogP contribution in [0.2, 0.25) is 0 Å². The normalized spacial score (nSPS) is 11.4. The molecule has 0 spiro atoms. The first-order valence-corrected chi connectivity index (χ1v) is 6.36. The van der Waals surface area contributed by atoms with Crippen LogP contribution in [0.25, 0.3) is 0 Å². The van der Waals surface area contributed by atoms with Gasteiger partial charge in [-0.3, -0.25) is 0 Å². The first-order chi connectivity index (χ1) is 7.72. The van der Waals surface area contributed by atoms with Gasteiger partial charge in [0.15, 0.2) is 0 Å². The molecule has 0 saturated heterocycles. The van der Waals surface area contributed by atoms with E-state index < -0.39 is 0 Å². The van der Waals surface area contributed by atoms with E-state index in [4.69, 9.17) is 16.3 Å². The van der Waals surface area contributed by atoms with E-state index in [1.165, 1.54) is 0 Å². The molecule has 1 unspecified atom stereocenters. The molecule has 0 fully saturated rings. The van der Waals surface area contributed by atoms with Crippen LogP contribution in [-0.2, 0) is 5.88 Å². The second kappa shape index (κ2) is 8.40. The van der Waals surface area contributed by atoms with Crippen LogP contribution in [0.5, 0.6) is 5.88 Å². The van der Waals surface area contributed by atoms with Crippen LogP contribution in [-0.4, -0.2) is 12.1 Å². The summed E-state index contributed by atoms with van der Waals surface area (Å²) in [4.78, 5) is 4.43. The number of hydrogen-bond acceptors (Lipinski definition) is 2. The highest BCUT2D eigenvalue weighted by Crippen LogP contribution is 2.24. The van der Waals surface area contributed by atoms with Crippen molar-refractivity contribution in [1.82, 2.24) is 4.98 Å². The van der Waals surface area contributed by atoms with Crippen LogP contribution in [0, 0.1) is 0 Å². The Kier molecular flexibility index (Phi) is 8.00. The average Bonchev–Trinajstić information content (AvgIpc) is 2.39. The third-order valence-corrected chi connectivity index (χ3v) is 2.71. The molecule has 0 aromatic carbocycles. The fraction of sp³-hybridized carbons (Fsp3) is 0.615. The lowest BCUT2D eigenvalue weighted by Gasteiger charge is -2.13. The fourth-order valence-corrected chi connectivity index (χ4v) is 1.56. The summed E-state index contributed by atoms with van der Waals surface area (Å²) in [6, 6.07) is 3.84. The Morgan fingerprint density at radius 2 is 2.00 bits per heavy atom. The molecule has 3 heteroatoms. The predicted octanol–water partition coefficient (Wildman–Crippen LogP) is 4.37. The number of pyridine rings is 1. The van der Waals surface area contributed by atoms with Gasteiger partial charge in [0.1, 0.15) is 0 Å². The molecule has 0 aliphatic carbocycles. The minimum Gasteiger partial charge on any atom is -0.481 e. The van der Waals surface area contributed by atoms with E-state index in [1.807, 2.05) is 26.0 Å². The Morgan fingerprint density at radius 3 is 2.44 bits per heavy atom. The van der Waals surface area contributed by atoms with Crippen LogP contribution in [0.1, 0.15) is 51.3 Å². The molecule has 0 aliphatic rings. The highest BCUT2D eigenvalue weighted by molar-refractivity contribution is 6.17. The van der Waals surface area contributed by atoms with E-state index in [-0.39, 0.29) is 0 Å². The van der Waals surface area contributed by atoms with Crippen molar-refractivity contribution in [2.24, 2.45) is 0 Å². The minimum atomic E-state index is 0.429. The standard InChI is InChI=1S/C11H16ClNO.C2H6/c1-4-8(2)11-9(7-12)5-6-10(13-11)14-3;1-2/h5-6,8H,4,7H2,1-3H3;1-2H3. The van der Waals surface area contributed by atoms with E-state index in [0.717, 1.165) is 17.7 Å². The number of ether oxygens (including phenoxy) is 1. The number of halogens is 1. The molecule has 92 valence electrons. The third kappa shape index (κ3) is 4.01. The lowest BCUT2D eigenvalue weighted by Crippen LogP contribution is -2.02. The average molecular weight is 244 g/mol. The van der Waals surface area contributed by atoms with E-state index in [2.05, 4.69) is 18.8 Å². The summed E-state index contributed by atoms with van der Waals surface area (Å²) in [5, 5.41) is 0. The van der Waals surface area contributed by atoms with Crippen LogP contribution < -0.4 is 4.74 Å². The van der Waals surface area contributed by atoms with Crippen LogP contribution in [0.15, 0.2) is 12.1 Å². The molecule has 1 aromatic heterocycles. The summed E-state index contributed by atoms with van der Waals surface area (Å²) in [7, 11) is 1.63. The van der Waals surface area contributed by atoms with Gasteiger partial charge in [0.25, 0.3) is 0 Å². The Bertz CT molecular complexity index is 302. The molecule has 0 N–H and O–H groups in total. The largest absolute Gasteiger partial charge is 0.481 e. The maximum Gasteiger partial charge on any atom is 0.213 e. The first kappa shape index (κ1) is 15.2. The smallest absolute Gasteiger partial charge is 0.213 e. The second-order valence-electron chi connectivity index (χ2n) is 3.34. The molecule has 0 amide bonds. The summed E-state index contributed by atoms with van der Waals surface area (Å²) in [6.45, 7) is 8.29. The summed E-state index contributed by atoms with van der Waals surface area (Å²) in [6.07, 6.45) is 1.06. The molecule has 1 aromatic rings. The SMILES string of the molecule is CC.CCC(C)c1nc(OC)ccc1CCl. The maximum absolute atomic E-state index is 5.85. The van der Waals surface area contributed by atoms with E-state index in [9.17, 15) is 0 Å². The Hall–Kier alpha value is -0.760. The van der Waals surface area contributed by atoms with Gasteiger partial charge in [-0.2, -0.15) is 0 Å². The molecule has 1 atom stereocenters. The van der Waals surface area contributed by atoms with Crippen molar-refractivity contribution in [2.75, 3.05) is 7.11 Å². The summed E-state index contributed by atoms with van der Waals surface area (Å²) in [5.41, 5.74) is 2.16. The number of hydrogen-bond donors (Lipinski definition) is 0. The summed E-state index contributed by atoms with van der Waals surface area (Å²) >= 11 is 5.85. The lowest BCUT2D eigenvalue weighted by atomic mass is 10.0. The quantitative estimate of drug-likeness (QED) is 0.733. The molecule has 0 aliphatic heterocycles. The molecule has 1 heterocycles. The van der Waals surface area contributed by atoms with Gasteiger partial charge < -0.3 is 4.74 Å². The van der Waals surface area contributed by atoms with Crippen molar-refractivity contribution < 1.29 is 4.74 Å². The van der Waals surface area contributed by atoms with E-state index >= 15 is 0 Å². The van der Waals surface area contributed by atoms with E-state index in [0.29, 0.717) is 17.7 Å². The number of nitrogens with zero attached hydrogens (tertiary/aromatic N) is 1. The zero-order chi connectivity index (χ0) is 12.6. The van der Waals surface area contributed by atoms with Crippen LogP contribution in [0.4, 0.5) is 0 Å². The van der Waals surface area contributed by atoms with Gasteiger partial charge in [-0.15, -0.1) is 11.6 Å². The molecule has 1 rings (SSSR count). The van der Waals surface area contributed by atoms with Gasteiger partial charge in [-0.05, 0) is 17.9 Å². The monoisotopic (exact) mass is 243 g/mol. The highest BCUT2D eigenvalue weighted by Gasteiger charge is 2.11. The van der Waals surface area contributed by atoms with Crippen molar-refractivity contribution >= 4 is 11.6 Å². The van der Waals surface area contributed by atoms with Crippen molar-refractivity contribution in [2.45, 2.75) is 45.9 Å². The Balaban J connectivity index is 0.00000106. The van der Waals surface area contributed by atoms with Crippen molar-refractivity contribution in [3.8, 4) is 5.88 Å². The van der Waals surface area contributed by atoms with Crippen LogP contribution >= 0.6 is 11.6 Å². The van der Waals surface area contributed by atoms with Gasteiger partial charge in [0.2, 0.25) is 5.88 Å². The summed E-state index contributed by atoms with van der Waals surface area (Å²) < 4.78 is 5.09. The molecule has 16 heavy (non-hydrogen) atoms. The molecular formula is C13H22ClNO. The second-order valence-corrected chi connectivity index (χ2v) is 3.61. The van der Waals surface area contributed by atoms with Crippen molar-refractivity contribution in [3.05, 3.63) is 23.4 Å². The Morgan fingerprint density at radius 1 is 1.38 bits per heavy atom. The maximum atomic E-state index is 5.85. The molecule has 2 nitrogen and oxygen atoms in total. The topological polar surface area (TPSA) is 22.1 Å². The van der Waals surface area contributed by atoms with Gasteiger partial charge >= 0.3 is 0 Å². The molecule has 0 radical (unpaired) electrons. The molecule has 0 bridgehead atoms. The van der Waals surface area contributed by atoms with Gasteiger partial charge in [0.05, 0.1) is 12.8 Å². The number of aromatic nitrogens is 1. The van der Waals surface area contributed by atoms with Gasteiger partial charge in [-0.25, -0.2) is 4.98 Å². The third-order valence-electron chi connectivity index (χ3n) is 2.42. The molecular weight excluding hydrogens is 222 g/mol. The van der Waals surface area contributed by atoms with Crippen LogP contribution in [0.3, 0.4) is 0 Å². The number of rotatable bonds is 4. The van der Waals surface area contributed by atoms with Gasteiger partial charge in [0, 0.05) is 11.9 Å². The zero-order valence-electron chi connectivity index (χ0n) is 10.9.